The van der Waals surface area contributed by atoms with Gasteiger partial charge in [0.2, 0.25) is 0 Å². The number of rotatable bonds is 10. The topological polar surface area (TPSA) is 58.1 Å². The van der Waals surface area contributed by atoms with Crippen molar-refractivity contribution in [2.24, 2.45) is 4.99 Å². The van der Waals surface area contributed by atoms with Crippen molar-refractivity contribution in [1.29, 1.82) is 0 Å². The second kappa shape index (κ2) is 11.6. The first-order valence-corrected chi connectivity index (χ1v) is 8.60. The third-order valence-electron chi connectivity index (χ3n) is 3.77. The minimum Gasteiger partial charge on any atom is -0.497 e. The van der Waals surface area contributed by atoms with Crippen LogP contribution in [-0.4, -0.2) is 63.8 Å². The Morgan fingerprint density at radius 2 is 1.92 bits per heavy atom. The van der Waals surface area contributed by atoms with E-state index in [1.165, 1.54) is 0 Å². The molecule has 0 fully saturated rings. The van der Waals surface area contributed by atoms with Crippen LogP contribution in [0.1, 0.15) is 20.8 Å². The predicted octanol–water partition coefficient (Wildman–Crippen LogP) is 1.97. The van der Waals surface area contributed by atoms with E-state index in [-0.39, 0.29) is 6.10 Å². The van der Waals surface area contributed by atoms with Gasteiger partial charge in [-0.1, -0.05) is 19.9 Å². The zero-order valence-corrected chi connectivity index (χ0v) is 15.6. The standard InChI is InChI=1S/C18H32N4O2/c1-6-22(7-2)12-11-20-18(19-4)21-14-15(3)24-17-10-8-9-16(13-17)23-5/h8-10,13,15H,6-7,11-12,14H2,1-5H3,(H2,19,20,21). The number of hydrogen-bond donors (Lipinski definition) is 2. The Morgan fingerprint density at radius 3 is 2.54 bits per heavy atom. The maximum absolute atomic E-state index is 5.90. The van der Waals surface area contributed by atoms with Crippen molar-refractivity contribution >= 4 is 5.96 Å². The van der Waals surface area contributed by atoms with Gasteiger partial charge in [0.05, 0.1) is 13.7 Å². The summed E-state index contributed by atoms with van der Waals surface area (Å²) in [5, 5.41) is 6.62. The highest BCUT2D eigenvalue weighted by Crippen LogP contribution is 2.19. The number of hydrogen-bond acceptors (Lipinski definition) is 4. The molecule has 0 radical (unpaired) electrons. The molecule has 0 heterocycles. The average molecular weight is 336 g/mol. The van der Waals surface area contributed by atoms with Crippen LogP contribution in [0.15, 0.2) is 29.3 Å². The molecule has 1 unspecified atom stereocenters. The molecule has 0 amide bonds. The molecular formula is C18H32N4O2. The summed E-state index contributed by atoms with van der Waals surface area (Å²) in [4.78, 5) is 6.61. The third-order valence-corrected chi connectivity index (χ3v) is 3.77. The van der Waals surface area contributed by atoms with E-state index in [1.54, 1.807) is 14.2 Å². The van der Waals surface area contributed by atoms with Gasteiger partial charge in [-0.05, 0) is 32.1 Å². The van der Waals surface area contributed by atoms with Crippen molar-refractivity contribution in [3.05, 3.63) is 24.3 Å². The van der Waals surface area contributed by atoms with Crippen LogP contribution in [0.2, 0.25) is 0 Å². The summed E-state index contributed by atoms with van der Waals surface area (Å²) >= 11 is 0. The predicted molar refractivity (Wildman–Crippen MR) is 100 cm³/mol. The molecule has 6 heteroatoms. The number of aliphatic imine (C=N–C) groups is 1. The monoisotopic (exact) mass is 336 g/mol. The molecule has 0 saturated carbocycles. The molecule has 0 aliphatic carbocycles. The summed E-state index contributed by atoms with van der Waals surface area (Å²) in [5.41, 5.74) is 0. The van der Waals surface area contributed by atoms with Crippen molar-refractivity contribution in [2.45, 2.75) is 26.9 Å². The highest BCUT2D eigenvalue weighted by molar-refractivity contribution is 5.79. The molecule has 0 aliphatic heterocycles. The van der Waals surface area contributed by atoms with E-state index in [9.17, 15) is 0 Å². The van der Waals surface area contributed by atoms with Gasteiger partial charge >= 0.3 is 0 Å². The molecule has 1 rings (SSSR count). The Balaban J connectivity index is 2.34. The summed E-state index contributed by atoms with van der Waals surface area (Å²) in [6.45, 7) is 11.0. The molecule has 0 saturated heterocycles. The lowest BCUT2D eigenvalue weighted by Gasteiger charge is -2.20. The van der Waals surface area contributed by atoms with E-state index in [2.05, 4.69) is 34.4 Å². The quantitative estimate of drug-likeness (QED) is 0.505. The fourth-order valence-electron chi connectivity index (χ4n) is 2.28. The van der Waals surface area contributed by atoms with Crippen LogP contribution < -0.4 is 20.1 Å². The number of nitrogens with zero attached hydrogens (tertiary/aromatic N) is 2. The lowest BCUT2D eigenvalue weighted by Crippen LogP contribution is -2.44. The Labute approximate surface area is 146 Å². The summed E-state index contributed by atoms with van der Waals surface area (Å²) in [6.07, 6.45) is 0.0124. The van der Waals surface area contributed by atoms with Gasteiger partial charge in [-0.15, -0.1) is 0 Å². The van der Waals surface area contributed by atoms with Crippen molar-refractivity contribution in [1.82, 2.24) is 15.5 Å². The van der Waals surface area contributed by atoms with Gasteiger partial charge < -0.3 is 25.0 Å². The summed E-state index contributed by atoms with van der Waals surface area (Å²) in [7, 11) is 3.43. The second-order valence-electron chi connectivity index (χ2n) is 5.51. The van der Waals surface area contributed by atoms with Crippen molar-refractivity contribution in [3.8, 4) is 11.5 Å². The maximum Gasteiger partial charge on any atom is 0.191 e. The van der Waals surface area contributed by atoms with Crippen LogP contribution in [0.25, 0.3) is 0 Å². The number of methoxy groups -OCH3 is 1. The van der Waals surface area contributed by atoms with Crippen LogP contribution in [0.3, 0.4) is 0 Å². The van der Waals surface area contributed by atoms with Gasteiger partial charge in [-0.25, -0.2) is 0 Å². The highest BCUT2D eigenvalue weighted by atomic mass is 16.5. The van der Waals surface area contributed by atoms with Crippen LogP contribution in [-0.2, 0) is 0 Å². The normalized spacial score (nSPS) is 12.8. The number of likely N-dealkylation sites (N-methyl/N-ethyl adjacent to an activating group) is 1. The van der Waals surface area contributed by atoms with Crippen LogP contribution in [0.5, 0.6) is 11.5 Å². The van der Waals surface area contributed by atoms with Gasteiger partial charge in [-0.2, -0.15) is 0 Å². The van der Waals surface area contributed by atoms with Crippen LogP contribution in [0.4, 0.5) is 0 Å². The number of benzene rings is 1. The average Bonchev–Trinajstić information content (AvgIpc) is 2.61. The molecule has 24 heavy (non-hydrogen) atoms. The minimum absolute atomic E-state index is 0.0124. The second-order valence-corrected chi connectivity index (χ2v) is 5.51. The first-order valence-electron chi connectivity index (χ1n) is 8.60. The van der Waals surface area contributed by atoms with Gasteiger partial charge in [0.1, 0.15) is 17.6 Å². The molecule has 0 bridgehead atoms. The SMILES string of the molecule is CCN(CC)CCNC(=NC)NCC(C)Oc1cccc(OC)c1. The first-order chi connectivity index (χ1) is 11.6. The largest absolute Gasteiger partial charge is 0.497 e. The zero-order chi connectivity index (χ0) is 17.8. The zero-order valence-electron chi connectivity index (χ0n) is 15.6. The Morgan fingerprint density at radius 1 is 1.21 bits per heavy atom. The maximum atomic E-state index is 5.90. The molecule has 1 atom stereocenters. The summed E-state index contributed by atoms with van der Waals surface area (Å²) < 4.78 is 11.1. The van der Waals surface area contributed by atoms with Crippen molar-refractivity contribution in [3.63, 3.8) is 0 Å². The Hall–Kier alpha value is -1.95. The fraction of sp³-hybridized carbons (Fsp3) is 0.611. The van der Waals surface area contributed by atoms with E-state index in [4.69, 9.17) is 9.47 Å². The lowest BCUT2D eigenvalue weighted by atomic mass is 10.3. The number of nitrogens with one attached hydrogen (secondary N) is 2. The molecule has 6 nitrogen and oxygen atoms in total. The third kappa shape index (κ3) is 7.55. The van der Waals surface area contributed by atoms with Gasteiger partial charge in [0.25, 0.3) is 0 Å². The van der Waals surface area contributed by atoms with Gasteiger partial charge in [0, 0.05) is 26.2 Å². The molecule has 0 spiro atoms. The molecular weight excluding hydrogens is 304 g/mol. The Bertz CT molecular complexity index is 490. The Kier molecular flexibility index (Phi) is 9.68. The molecule has 2 N–H and O–H groups in total. The van der Waals surface area contributed by atoms with E-state index >= 15 is 0 Å². The fourth-order valence-corrected chi connectivity index (χ4v) is 2.28. The van der Waals surface area contributed by atoms with E-state index in [1.807, 2.05) is 31.2 Å². The van der Waals surface area contributed by atoms with E-state index < -0.39 is 0 Å². The molecule has 136 valence electrons. The summed E-state index contributed by atoms with van der Waals surface area (Å²) in [6, 6.07) is 7.63. The van der Waals surface area contributed by atoms with Gasteiger partial charge in [0.15, 0.2) is 5.96 Å². The van der Waals surface area contributed by atoms with Crippen molar-refractivity contribution in [2.75, 3.05) is 46.9 Å². The van der Waals surface area contributed by atoms with E-state index in [0.717, 1.165) is 43.6 Å². The molecule has 1 aromatic rings. The number of ether oxygens (including phenoxy) is 2. The number of guanidine groups is 1. The van der Waals surface area contributed by atoms with Crippen molar-refractivity contribution < 1.29 is 9.47 Å². The smallest absolute Gasteiger partial charge is 0.191 e. The lowest BCUT2D eigenvalue weighted by molar-refractivity contribution is 0.223. The van der Waals surface area contributed by atoms with E-state index in [0.29, 0.717) is 6.54 Å². The summed E-state index contributed by atoms with van der Waals surface area (Å²) in [5.74, 6) is 2.39. The van der Waals surface area contributed by atoms with Crippen LogP contribution in [0, 0.1) is 0 Å². The van der Waals surface area contributed by atoms with Crippen LogP contribution >= 0.6 is 0 Å². The first kappa shape index (κ1) is 20.1. The minimum atomic E-state index is 0.0124. The molecule has 1 aromatic carbocycles. The highest BCUT2D eigenvalue weighted by Gasteiger charge is 2.07. The molecule has 0 aliphatic rings. The van der Waals surface area contributed by atoms with Gasteiger partial charge in [-0.3, -0.25) is 4.99 Å². The molecule has 0 aromatic heterocycles.